The maximum absolute atomic E-state index is 10.9. The first-order valence-corrected chi connectivity index (χ1v) is 5.17. The molecule has 0 bridgehead atoms. The molecule has 0 aromatic carbocycles. The Kier molecular flexibility index (Phi) is 2.67. The van der Waals surface area contributed by atoms with Crippen LogP contribution in [0, 0.1) is 0 Å². The van der Waals surface area contributed by atoms with E-state index in [0.717, 1.165) is 19.6 Å². The van der Waals surface area contributed by atoms with Gasteiger partial charge in [0.15, 0.2) is 0 Å². The number of carbonyl (C=O) groups excluding carboxylic acids is 1. The standard InChI is InChI=1S/C9H16N4O/c10-9(14)8-4-7-13(11-8)12-5-2-1-3-6-12/h1-7H2,(H2,10,14). The number of hydrogen-bond donors (Lipinski definition) is 1. The molecule has 0 saturated carbocycles. The largest absolute Gasteiger partial charge is 0.364 e. The summed E-state index contributed by atoms with van der Waals surface area (Å²) in [6, 6.07) is 0. The highest BCUT2D eigenvalue weighted by Crippen LogP contribution is 2.15. The van der Waals surface area contributed by atoms with E-state index in [4.69, 9.17) is 5.73 Å². The first-order valence-electron chi connectivity index (χ1n) is 5.17. The molecule has 78 valence electrons. The summed E-state index contributed by atoms with van der Waals surface area (Å²) in [5.41, 5.74) is 5.68. The summed E-state index contributed by atoms with van der Waals surface area (Å²) in [7, 11) is 0. The van der Waals surface area contributed by atoms with Gasteiger partial charge < -0.3 is 5.73 Å². The van der Waals surface area contributed by atoms with Crippen molar-refractivity contribution in [3.8, 4) is 0 Å². The van der Waals surface area contributed by atoms with Crippen LogP contribution in [0.5, 0.6) is 0 Å². The fourth-order valence-corrected chi connectivity index (χ4v) is 1.93. The number of amides is 1. The van der Waals surface area contributed by atoms with Crippen molar-refractivity contribution in [1.82, 2.24) is 10.1 Å². The molecule has 0 radical (unpaired) electrons. The number of hydrogen-bond acceptors (Lipinski definition) is 4. The van der Waals surface area contributed by atoms with Crippen LogP contribution in [0.15, 0.2) is 5.10 Å². The molecule has 0 aliphatic carbocycles. The molecule has 1 amide bonds. The first kappa shape index (κ1) is 9.45. The lowest BCUT2D eigenvalue weighted by atomic mass is 10.2. The van der Waals surface area contributed by atoms with Crippen LogP contribution in [0.1, 0.15) is 25.7 Å². The van der Waals surface area contributed by atoms with Crippen LogP contribution in [0.4, 0.5) is 0 Å². The quantitative estimate of drug-likeness (QED) is 0.672. The Labute approximate surface area is 83.5 Å². The summed E-state index contributed by atoms with van der Waals surface area (Å²) in [5, 5.41) is 8.32. The molecular formula is C9H16N4O. The Hall–Kier alpha value is -1.10. The number of hydrazone groups is 1. The Balaban J connectivity index is 1.96. The van der Waals surface area contributed by atoms with Crippen LogP contribution in [-0.2, 0) is 4.79 Å². The van der Waals surface area contributed by atoms with Gasteiger partial charge in [-0.05, 0) is 12.8 Å². The van der Waals surface area contributed by atoms with Gasteiger partial charge in [0.25, 0.3) is 5.91 Å². The topological polar surface area (TPSA) is 61.9 Å². The first-order chi connectivity index (χ1) is 6.77. The van der Waals surface area contributed by atoms with Gasteiger partial charge in [-0.3, -0.25) is 4.79 Å². The molecule has 2 heterocycles. The van der Waals surface area contributed by atoms with Crippen LogP contribution in [-0.4, -0.2) is 41.4 Å². The van der Waals surface area contributed by atoms with Gasteiger partial charge in [0, 0.05) is 19.5 Å². The summed E-state index contributed by atoms with van der Waals surface area (Å²) in [6.45, 7) is 2.91. The Bertz CT molecular complexity index is 258. The van der Waals surface area contributed by atoms with Gasteiger partial charge in [-0.1, -0.05) is 6.42 Å². The van der Waals surface area contributed by atoms with Crippen molar-refractivity contribution in [2.24, 2.45) is 10.8 Å². The predicted molar refractivity (Wildman–Crippen MR) is 53.4 cm³/mol. The number of nitrogens with two attached hydrogens (primary N) is 1. The van der Waals surface area contributed by atoms with Gasteiger partial charge in [-0.2, -0.15) is 5.10 Å². The highest BCUT2D eigenvalue weighted by atomic mass is 16.1. The van der Waals surface area contributed by atoms with E-state index in [0.29, 0.717) is 12.1 Å². The summed E-state index contributed by atoms with van der Waals surface area (Å²) in [6.07, 6.45) is 4.43. The van der Waals surface area contributed by atoms with Crippen LogP contribution >= 0.6 is 0 Å². The normalized spacial score (nSPS) is 23.7. The lowest BCUT2D eigenvalue weighted by Crippen LogP contribution is -2.41. The molecule has 5 heteroatoms. The second kappa shape index (κ2) is 3.96. The van der Waals surface area contributed by atoms with E-state index in [9.17, 15) is 4.79 Å². The van der Waals surface area contributed by atoms with Crippen LogP contribution in [0.25, 0.3) is 0 Å². The van der Waals surface area contributed by atoms with Crippen LogP contribution < -0.4 is 5.73 Å². The number of nitrogens with zero attached hydrogens (tertiary/aromatic N) is 3. The van der Waals surface area contributed by atoms with Crippen molar-refractivity contribution in [3.05, 3.63) is 0 Å². The van der Waals surface area contributed by atoms with Gasteiger partial charge in [0.2, 0.25) is 0 Å². The van der Waals surface area contributed by atoms with Gasteiger partial charge in [0.05, 0.1) is 6.54 Å². The molecule has 0 unspecified atom stereocenters. The summed E-state index contributed by atoms with van der Waals surface area (Å²) in [4.78, 5) is 10.9. The van der Waals surface area contributed by atoms with Gasteiger partial charge in [-0.25, -0.2) is 10.1 Å². The number of hydrazine groups is 1. The highest BCUT2D eigenvalue weighted by molar-refractivity contribution is 6.38. The van der Waals surface area contributed by atoms with Crippen molar-refractivity contribution in [2.75, 3.05) is 19.6 Å². The molecule has 0 aromatic heterocycles. The third-order valence-electron chi connectivity index (χ3n) is 2.73. The summed E-state index contributed by atoms with van der Waals surface area (Å²) in [5.74, 6) is -0.385. The molecule has 2 aliphatic heterocycles. The molecule has 5 nitrogen and oxygen atoms in total. The minimum absolute atomic E-state index is 0.385. The predicted octanol–water partition coefficient (Wildman–Crippen LogP) is -0.0657. The van der Waals surface area contributed by atoms with E-state index in [-0.39, 0.29) is 5.91 Å². The molecule has 2 rings (SSSR count). The number of carbonyl (C=O) groups is 1. The zero-order valence-corrected chi connectivity index (χ0v) is 8.28. The SMILES string of the molecule is NC(=O)C1=NN(N2CCCCC2)CC1. The Morgan fingerprint density at radius 2 is 1.93 bits per heavy atom. The average Bonchev–Trinajstić information content (AvgIpc) is 2.68. The number of rotatable bonds is 2. The van der Waals surface area contributed by atoms with E-state index in [1.165, 1.54) is 19.3 Å². The summed E-state index contributed by atoms with van der Waals surface area (Å²) >= 11 is 0. The molecule has 0 atom stereocenters. The zero-order valence-electron chi connectivity index (χ0n) is 8.28. The molecule has 1 fully saturated rings. The van der Waals surface area contributed by atoms with E-state index in [1.54, 1.807) is 0 Å². The molecule has 2 N–H and O–H groups in total. The Morgan fingerprint density at radius 1 is 1.21 bits per heavy atom. The molecule has 1 saturated heterocycles. The molecule has 0 aromatic rings. The Morgan fingerprint density at radius 3 is 2.50 bits per heavy atom. The maximum atomic E-state index is 10.9. The smallest absolute Gasteiger partial charge is 0.265 e. The van der Waals surface area contributed by atoms with Crippen LogP contribution in [0.2, 0.25) is 0 Å². The highest BCUT2D eigenvalue weighted by Gasteiger charge is 2.24. The van der Waals surface area contributed by atoms with Gasteiger partial charge in [0.1, 0.15) is 5.71 Å². The maximum Gasteiger partial charge on any atom is 0.265 e. The lowest BCUT2D eigenvalue weighted by Gasteiger charge is -2.32. The monoisotopic (exact) mass is 196 g/mol. The van der Waals surface area contributed by atoms with Gasteiger partial charge >= 0.3 is 0 Å². The molecule has 0 spiro atoms. The van der Waals surface area contributed by atoms with Crippen molar-refractivity contribution in [2.45, 2.75) is 25.7 Å². The van der Waals surface area contributed by atoms with Gasteiger partial charge in [-0.15, -0.1) is 0 Å². The van der Waals surface area contributed by atoms with Crippen molar-refractivity contribution < 1.29 is 4.79 Å². The third kappa shape index (κ3) is 1.87. The molecule has 14 heavy (non-hydrogen) atoms. The second-order valence-electron chi connectivity index (χ2n) is 3.77. The lowest BCUT2D eigenvalue weighted by molar-refractivity contribution is -0.112. The molecule has 2 aliphatic rings. The van der Waals surface area contributed by atoms with E-state index in [1.807, 2.05) is 5.12 Å². The third-order valence-corrected chi connectivity index (χ3v) is 2.73. The minimum atomic E-state index is -0.385. The zero-order chi connectivity index (χ0) is 9.97. The number of piperidine rings is 1. The fraction of sp³-hybridized carbons (Fsp3) is 0.778. The van der Waals surface area contributed by atoms with E-state index >= 15 is 0 Å². The van der Waals surface area contributed by atoms with Crippen LogP contribution in [0.3, 0.4) is 0 Å². The van der Waals surface area contributed by atoms with Crippen molar-refractivity contribution in [3.63, 3.8) is 0 Å². The van der Waals surface area contributed by atoms with E-state index in [2.05, 4.69) is 10.1 Å². The second-order valence-corrected chi connectivity index (χ2v) is 3.77. The summed E-state index contributed by atoms with van der Waals surface area (Å²) < 4.78 is 0. The molecular weight excluding hydrogens is 180 g/mol. The van der Waals surface area contributed by atoms with Crippen molar-refractivity contribution in [1.29, 1.82) is 0 Å². The average molecular weight is 196 g/mol. The fourth-order valence-electron chi connectivity index (χ4n) is 1.93. The minimum Gasteiger partial charge on any atom is -0.364 e. The van der Waals surface area contributed by atoms with E-state index < -0.39 is 0 Å². The van der Waals surface area contributed by atoms with Crippen molar-refractivity contribution >= 4 is 11.6 Å². The number of primary amides is 1.